The third-order valence-electron chi connectivity index (χ3n) is 7.54. The summed E-state index contributed by atoms with van der Waals surface area (Å²) in [5.74, 6) is -0.219. The van der Waals surface area contributed by atoms with Crippen molar-refractivity contribution in [3.05, 3.63) is 47.2 Å². The predicted molar refractivity (Wildman–Crippen MR) is 145 cm³/mol. The second-order valence-electron chi connectivity index (χ2n) is 9.91. The van der Waals surface area contributed by atoms with Gasteiger partial charge in [0.2, 0.25) is 0 Å². The number of hydrogen-bond donors (Lipinski definition) is 1. The van der Waals surface area contributed by atoms with E-state index < -0.39 is 0 Å². The standard InChI is InChI=1S/C28H35N5O3S/c1-3-36-27(35)20-11-14-32(15-12-20)26(34)23-16-25(33(19(23)2)22-9-5-4-6-10-22)24-18-37-28(31-24)30-21-8-7-13-29-17-21/h7-8,13,16-18,20,22H,3-6,9-12,14-15H2,1-2H3,(H,30,31). The van der Waals surface area contributed by atoms with E-state index in [2.05, 4.69) is 27.2 Å². The molecule has 0 spiro atoms. The van der Waals surface area contributed by atoms with Crippen molar-refractivity contribution < 1.29 is 14.3 Å². The Morgan fingerprint density at radius 3 is 2.65 bits per heavy atom. The van der Waals surface area contributed by atoms with Crippen LogP contribution >= 0.6 is 11.3 Å². The molecule has 2 fully saturated rings. The Bertz CT molecular complexity index is 1220. The van der Waals surface area contributed by atoms with E-state index in [1.54, 1.807) is 23.7 Å². The van der Waals surface area contributed by atoms with Gasteiger partial charge in [-0.1, -0.05) is 19.3 Å². The minimum absolute atomic E-state index is 0.0413. The average Bonchev–Trinajstić information content (AvgIpc) is 3.53. The molecule has 1 saturated carbocycles. The first-order valence-corrected chi connectivity index (χ1v) is 14.2. The van der Waals surface area contributed by atoms with E-state index in [0.717, 1.165) is 46.3 Å². The molecule has 9 heteroatoms. The van der Waals surface area contributed by atoms with Crippen molar-refractivity contribution in [3.63, 3.8) is 0 Å². The molecule has 1 aliphatic heterocycles. The number of ether oxygens (including phenoxy) is 1. The number of likely N-dealkylation sites (tertiary alicyclic amines) is 1. The summed E-state index contributed by atoms with van der Waals surface area (Å²) in [5, 5.41) is 6.19. The van der Waals surface area contributed by atoms with Crippen LogP contribution in [-0.2, 0) is 9.53 Å². The molecule has 1 saturated heterocycles. The number of rotatable bonds is 7. The van der Waals surface area contributed by atoms with Gasteiger partial charge >= 0.3 is 5.97 Å². The van der Waals surface area contributed by atoms with Crippen LogP contribution in [0, 0.1) is 12.8 Å². The van der Waals surface area contributed by atoms with Gasteiger partial charge in [0.05, 0.1) is 41.4 Å². The van der Waals surface area contributed by atoms with Crippen LogP contribution in [0.1, 0.15) is 74.0 Å². The normalized spacial score (nSPS) is 17.1. The van der Waals surface area contributed by atoms with E-state index in [1.165, 1.54) is 19.3 Å². The fourth-order valence-corrected chi connectivity index (χ4v) is 6.33. The predicted octanol–water partition coefficient (Wildman–Crippen LogP) is 5.98. The fourth-order valence-electron chi connectivity index (χ4n) is 5.60. The smallest absolute Gasteiger partial charge is 0.309 e. The minimum atomic E-state index is -0.143. The molecule has 37 heavy (non-hydrogen) atoms. The zero-order valence-electron chi connectivity index (χ0n) is 21.6. The molecule has 0 atom stereocenters. The summed E-state index contributed by atoms with van der Waals surface area (Å²) in [6, 6.07) is 6.26. The highest BCUT2D eigenvalue weighted by molar-refractivity contribution is 7.14. The maximum Gasteiger partial charge on any atom is 0.309 e. The van der Waals surface area contributed by atoms with Crippen molar-refractivity contribution in [2.24, 2.45) is 5.92 Å². The first kappa shape index (κ1) is 25.4. The molecule has 4 heterocycles. The van der Waals surface area contributed by atoms with Gasteiger partial charge in [0, 0.05) is 36.4 Å². The highest BCUT2D eigenvalue weighted by atomic mass is 32.1. The molecular weight excluding hydrogens is 486 g/mol. The number of esters is 1. The van der Waals surface area contributed by atoms with Crippen LogP contribution < -0.4 is 5.32 Å². The van der Waals surface area contributed by atoms with Crippen molar-refractivity contribution in [1.29, 1.82) is 0 Å². The quantitative estimate of drug-likeness (QED) is 0.385. The van der Waals surface area contributed by atoms with Gasteiger partial charge in [0.1, 0.15) is 0 Å². The summed E-state index contributed by atoms with van der Waals surface area (Å²) in [4.78, 5) is 36.8. The molecule has 1 N–H and O–H groups in total. The lowest BCUT2D eigenvalue weighted by Gasteiger charge is -2.31. The van der Waals surface area contributed by atoms with E-state index in [1.807, 2.05) is 30.0 Å². The fraction of sp³-hybridized carbons (Fsp3) is 0.500. The van der Waals surface area contributed by atoms with Crippen molar-refractivity contribution in [1.82, 2.24) is 19.4 Å². The molecular formula is C28H35N5O3S. The van der Waals surface area contributed by atoms with E-state index in [-0.39, 0.29) is 17.8 Å². The largest absolute Gasteiger partial charge is 0.466 e. The van der Waals surface area contributed by atoms with E-state index in [0.29, 0.717) is 38.6 Å². The number of pyridine rings is 1. The van der Waals surface area contributed by atoms with Gasteiger partial charge in [-0.15, -0.1) is 11.3 Å². The van der Waals surface area contributed by atoms with Gasteiger partial charge in [-0.25, -0.2) is 4.98 Å². The Balaban J connectivity index is 1.40. The van der Waals surface area contributed by atoms with Gasteiger partial charge in [-0.2, -0.15) is 0 Å². The number of thiazole rings is 1. The Hall–Kier alpha value is -3.20. The zero-order valence-corrected chi connectivity index (χ0v) is 22.4. The lowest BCUT2D eigenvalue weighted by molar-refractivity contribution is -0.149. The number of carbonyl (C=O) groups excluding carboxylic acids is 2. The van der Waals surface area contributed by atoms with Gasteiger partial charge in [0.25, 0.3) is 5.91 Å². The van der Waals surface area contributed by atoms with Gasteiger partial charge in [-0.3, -0.25) is 14.6 Å². The third-order valence-corrected chi connectivity index (χ3v) is 8.30. The summed E-state index contributed by atoms with van der Waals surface area (Å²) >= 11 is 1.55. The van der Waals surface area contributed by atoms with Crippen LogP contribution in [0.15, 0.2) is 36.0 Å². The molecule has 3 aromatic rings. The first-order valence-electron chi connectivity index (χ1n) is 13.4. The van der Waals surface area contributed by atoms with Crippen LogP contribution in [0.5, 0.6) is 0 Å². The highest BCUT2D eigenvalue weighted by Crippen LogP contribution is 2.38. The van der Waals surface area contributed by atoms with Crippen molar-refractivity contribution >= 4 is 34.0 Å². The summed E-state index contributed by atoms with van der Waals surface area (Å²) in [7, 11) is 0. The summed E-state index contributed by atoms with van der Waals surface area (Å²) in [5.41, 5.74) is 4.53. The molecule has 1 amide bonds. The summed E-state index contributed by atoms with van der Waals surface area (Å²) < 4.78 is 7.56. The molecule has 1 aliphatic carbocycles. The van der Waals surface area contributed by atoms with Crippen molar-refractivity contribution in [3.8, 4) is 11.4 Å². The molecule has 8 nitrogen and oxygen atoms in total. The number of aromatic nitrogens is 3. The van der Waals surface area contributed by atoms with Crippen LogP contribution in [-0.4, -0.2) is 51.0 Å². The second kappa shape index (κ2) is 11.5. The molecule has 0 unspecified atom stereocenters. The number of hydrogen-bond acceptors (Lipinski definition) is 7. The molecule has 5 rings (SSSR count). The molecule has 0 aromatic carbocycles. The maximum absolute atomic E-state index is 13.7. The van der Waals surface area contributed by atoms with Crippen molar-refractivity contribution in [2.75, 3.05) is 25.0 Å². The molecule has 3 aromatic heterocycles. The SMILES string of the molecule is CCOC(=O)C1CCN(C(=O)c2cc(-c3csc(Nc4cccnc4)n3)n(C3CCCCC3)c2C)CC1. The second-order valence-corrected chi connectivity index (χ2v) is 10.8. The topological polar surface area (TPSA) is 89.3 Å². The number of nitrogens with zero attached hydrogens (tertiary/aromatic N) is 4. The number of piperidine rings is 1. The minimum Gasteiger partial charge on any atom is -0.466 e. The highest BCUT2D eigenvalue weighted by Gasteiger charge is 2.32. The van der Waals surface area contributed by atoms with E-state index >= 15 is 0 Å². The van der Waals surface area contributed by atoms with Crippen LogP contribution in [0.2, 0.25) is 0 Å². The Morgan fingerprint density at radius 1 is 1.16 bits per heavy atom. The van der Waals surface area contributed by atoms with Gasteiger partial charge in [-0.05, 0) is 57.7 Å². The number of amides is 1. The van der Waals surface area contributed by atoms with Crippen LogP contribution in [0.3, 0.4) is 0 Å². The molecule has 196 valence electrons. The summed E-state index contributed by atoms with van der Waals surface area (Å²) in [6.07, 6.45) is 10.7. The van der Waals surface area contributed by atoms with E-state index in [4.69, 9.17) is 9.72 Å². The maximum atomic E-state index is 13.7. The monoisotopic (exact) mass is 521 g/mol. The lowest BCUT2D eigenvalue weighted by Crippen LogP contribution is -2.40. The molecule has 2 aliphatic rings. The third kappa shape index (κ3) is 5.56. The van der Waals surface area contributed by atoms with Crippen LogP contribution in [0.25, 0.3) is 11.4 Å². The number of nitrogens with one attached hydrogen (secondary N) is 1. The number of carbonyl (C=O) groups is 2. The first-order chi connectivity index (χ1) is 18.0. The Labute approximate surface area is 222 Å². The molecule has 0 radical (unpaired) electrons. The zero-order chi connectivity index (χ0) is 25.8. The number of anilines is 2. The average molecular weight is 522 g/mol. The Morgan fingerprint density at radius 2 is 1.95 bits per heavy atom. The van der Waals surface area contributed by atoms with E-state index in [9.17, 15) is 9.59 Å². The summed E-state index contributed by atoms with van der Waals surface area (Å²) in [6.45, 7) is 5.43. The van der Waals surface area contributed by atoms with Crippen molar-refractivity contribution in [2.45, 2.75) is 64.8 Å². The molecule has 0 bridgehead atoms. The van der Waals surface area contributed by atoms with Gasteiger partial charge in [0.15, 0.2) is 5.13 Å². The van der Waals surface area contributed by atoms with Gasteiger partial charge < -0.3 is 19.5 Å². The Kier molecular flexibility index (Phi) is 7.88. The van der Waals surface area contributed by atoms with Crippen LogP contribution in [0.4, 0.5) is 10.8 Å². The lowest BCUT2D eigenvalue weighted by atomic mass is 9.95.